The summed E-state index contributed by atoms with van der Waals surface area (Å²) in [4.78, 5) is 20.9. The smallest absolute Gasteiger partial charge is 0.225 e. The molecule has 0 radical (unpaired) electrons. The molecule has 3 rings (SSSR count). The van der Waals surface area contributed by atoms with Gasteiger partial charge < -0.3 is 9.80 Å². The van der Waals surface area contributed by atoms with Crippen LogP contribution in [0.5, 0.6) is 0 Å². The number of pyridine rings is 1. The predicted molar refractivity (Wildman–Crippen MR) is 79.8 cm³/mol. The molecule has 1 saturated carbocycles. The summed E-state index contributed by atoms with van der Waals surface area (Å²) in [6.45, 7) is 7.37. The molecule has 20 heavy (non-hydrogen) atoms. The number of amides is 1. The Hall–Kier alpha value is -1.58. The van der Waals surface area contributed by atoms with E-state index < -0.39 is 0 Å². The summed E-state index contributed by atoms with van der Waals surface area (Å²) in [5.41, 5.74) is 1.40. The second kappa shape index (κ2) is 5.43. The van der Waals surface area contributed by atoms with Gasteiger partial charge in [0, 0.05) is 38.3 Å². The Morgan fingerprint density at radius 1 is 1.25 bits per heavy atom. The number of nitrogens with zero attached hydrogens (tertiary/aromatic N) is 3. The summed E-state index contributed by atoms with van der Waals surface area (Å²) in [5.74, 6) is 2.23. The Kier molecular flexibility index (Phi) is 3.64. The number of carbonyl (C=O) groups excluding carboxylic acids is 1. The van der Waals surface area contributed by atoms with E-state index in [1.165, 1.54) is 18.4 Å². The van der Waals surface area contributed by atoms with Crippen LogP contribution in [-0.2, 0) is 4.79 Å². The lowest BCUT2D eigenvalue weighted by Crippen LogP contribution is -2.50. The lowest BCUT2D eigenvalue weighted by atomic mass is 10.1. The molecular formula is C16H23N3O. The average molecular weight is 273 g/mol. The molecule has 4 heteroatoms. The van der Waals surface area contributed by atoms with Gasteiger partial charge in [-0.1, -0.05) is 19.9 Å². The minimum Gasteiger partial charge on any atom is -0.353 e. The monoisotopic (exact) mass is 273 g/mol. The molecule has 1 aromatic heterocycles. The topological polar surface area (TPSA) is 36.4 Å². The van der Waals surface area contributed by atoms with Crippen molar-refractivity contribution in [2.75, 3.05) is 31.1 Å². The Labute approximate surface area is 120 Å². The SMILES string of the molecule is CC(C)C(=O)N1CCN(c2ncccc2C2CC2)CC1. The van der Waals surface area contributed by atoms with Gasteiger partial charge in [0.2, 0.25) is 5.91 Å². The third-order valence-electron chi connectivity index (χ3n) is 4.22. The van der Waals surface area contributed by atoms with Crippen LogP contribution in [0.15, 0.2) is 18.3 Å². The number of hydrogen-bond acceptors (Lipinski definition) is 3. The van der Waals surface area contributed by atoms with Gasteiger partial charge in [0.05, 0.1) is 0 Å². The summed E-state index contributed by atoms with van der Waals surface area (Å²) in [7, 11) is 0. The van der Waals surface area contributed by atoms with E-state index in [1.807, 2.05) is 31.0 Å². The lowest BCUT2D eigenvalue weighted by molar-refractivity contribution is -0.134. The summed E-state index contributed by atoms with van der Waals surface area (Å²) >= 11 is 0. The summed E-state index contributed by atoms with van der Waals surface area (Å²) in [6, 6.07) is 4.25. The van der Waals surface area contributed by atoms with Crippen molar-refractivity contribution in [3.63, 3.8) is 0 Å². The molecule has 2 fully saturated rings. The molecule has 1 aromatic rings. The molecule has 1 aliphatic carbocycles. The molecule has 1 amide bonds. The quantitative estimate of drug-likeness (QED) is 0.847. The number of anilines is 1. The van der Waals surface area contributed by atoms with Crippen molar-refractivity contribution in [3.05, 3.63) is 23.9 Å². The molecule has 2 aliphatic rings. The van der Waals surface area contributed by atoms with Gasteiger partial charge in [-0.2, -0.15) is 0 Å². The number of hydrogen-bond donors (Lipinski definition) is 0. The van der Waals surface area contributed by atoms with Gasteiger partial charge in [0.15, 0.2) is 0 Å². The molecule has 0 spiro atoms. The summed E-state index contributed by atoms with van der Waals surface area (Å²) in [6.07, 6.45) is 4.47. The van der Waals surface area contributed by atoms with Crippen LogP contribution >= 0.6 is 0 Å². The Morgan fingerprint density at radius 3 is 2.55 bits per heavy atom. The van der Waals surface area contributed by atoms with E-state index in [-0.39, 0.29) is 11.8 Å². The van der Waals surface area contributed by atoms with Gasteiger partial charge >= 0.3 is 0 Å². The van der Waals surface area contributed by atoms with Crippen LogP contribution < -0.4 is 4.90 Å². The summed E-state index contributed by atoms with van der Waals surface area (Å²) < 4.78 is 0. The van der Waals surface area contributed by atoms with E-state index in [4.69, 9.17) is 0 Å². The van der Waals surface area contributed by atoms with Crippen molar-refractivity contribution in [1.29, 1.82) is 0 Å². The van der Waals surface area contributed by atoms with Crippen molar-refractivity contribution >= 4 is 11.7 Å². The van der Waals surface area contributed by atoms with Crippen LogP contribution in [0.3, 0.4) is 0 Å². The maximum Gasteiger partial charge on any atom is 0.225 e. The number of carbonyl (C=O) groups is 1. The molecule has 0 atom stereocenters. The van der Waals surface area contributed by atoms with Crippen molar-refractivity contribution in [2.24, 2.45) is 5.92 Å². The number of aromatic nitrogens is 1. The maximum atomic E-state index is 12.0. The van der Waals surface area contributed by atoms with Gasteiger partial charge in [0.1, 0.15) is 5.82 Å². The molecule has 4 nitrogen and oxygen atoms in total. The molecule has 108 valence electrons. The van der Waals surface area contributed by atoms with E-state index in [2.05, 4.69) is 16.0 Å². The van der Waals surface area contributed by atoms with Crippen molar-refractivity contribution in [3.8, 4) is 0 Å². The third kappa shape index (κ3) is 2.65. The zero-order valence-corrected chi connectivity index (χ0v) is 12.4. The fourth-order valence-corrected chi connectivity index (χ4v) is 2.89. The van der Waals surface area contributed by atoms with Gasteiger partial charge in [-0.15, -0.1) is 0 Å². The first-order chi connectivity index (χ1) is 9.66. The molecule has 0 bridgehead atoms. The van der Waals surface area contributed by atoms with Gasteiger partial charge in [-0.05, 0) is 30.4 Å². The van der Waals surface area contributed by atoms with E-state index in [0.29, 0.717) is 5.92 Å². The van der Waals surface area contributed by atoms with E-state index in [1.54, 1.807) is 0 Å². The Bertz CT molecular complexity index is 488. The molecule has 1 aliphatic heterocycles. The Morgan fingerprint density at radius 2 is 1.95 bits per heavy atom. The van der Waals surface area contributed by atoms with Crippen LogP contribution in [0.1, 0.15) is 38.2 Å². The highest BCUT2D eigenvalue weighted by molar-refractivity contribution is 5.78. The zero-order chi connectivity index (χ0) is 14.1. The first-order valence-electron chi connectivity index (χ1n) is 7.65. The largest absolute Gasteiger partial charge is 0.353 e. The van der Waals surface area contributed by atoms with E-state index in [9.17, 15) is 4.79 Å². The van der Waals surface area contributed by atoms with Gasteiger partial charge in [-0.3, -0.25) is 4.79 Å². The fraction of sp³-hybridized carbons (Fsp3) is 0.625. The standard InChI is InChI=1S/C16H23N3O/c1-12(2)16(20)19-10-8-18(9-11-19)15-14(13-5-6-13)4-3-7-17-15/h3-4,7,12-13H,5-6,8-11H2,1-2H3. The number of piperazine rings is 1. The van der Waals surface area contributed by atoms with Crippen molar-refractivity contribution < 1.29 is 4.79 Å². The second-order valence-corrected chi connectivity index (χ2v) is 6.16. The zero-order valence-electron chi connectivity index (χ0n) is 12.4. The van der Waals surface area contributed by atoms with Crippen LogP contribution in [0, 0.1) is 5.92 Å². The average Bonchev–Trinajstić information content (AvgIpc) is 3.31. The highest BCUT2D eigenvalue weighted by atomic mass is 16.2. The number of rotatable bonds is 3. The molecular weight excluding hydrogens is 250 g/mol. The van der Waals surface area contributed by atoms with E-state index in [0.717, 1.165) is 32.0 Å². The van der Waals surface area contributed by atoms with Gasteiger partial charge in [-0.25, -0.2) is 4.98 Å². The fourth-order valence-electron chi connectivity index (χ4n) is 2.89. The second-order valence-electron chi connectivity index (χ2n) is 6.16. The first-order valence-corrected chi connectivity index (χ1v) is 7.65. The highest BCUT2D eigenvalue weighted by Crippen LogP contribution is 2.43. The molecule has 1 saturated heterocycles. The molecule has 2 heterocycles. The summed E-state index contributed by atoms with van der Waals surface area (Å²) in [5, 5.41) is 0. The van der Waals surface area contributed by atoms with Crippen molar-refractivity contribution in [2.45, 2.75) is 32.6 Å². The minimum absolute atomic E-state index is 0.0958. The first kappa shape index (κ1) is 13.4. The molecule has 0 N–H and O–H groups in total. The molecule has 0 aromatic carbocycles. The van der Waals surface area contributed by atoms with Crippen LogP contribution in [-0.4, -0.2) is 42.0 Å². The van der Waals surface area contributed by atoms with Crippen molar-refractivity contribution in [1.82, 2.24) is 9.88 Å². The van der Waals surface area contributed by atoms with Crippen LogP contribution in [0.4, 0.5) is 5.82 Å². The maximum absolute atomic E-state index is 12.0. The van der Waals surface area contributed by atoms with Crippen LogP contribution in [0.25, 0.3) is 0 Å². The lowest BCUT2D eigenvalue weighted by Gasteiger charge is -2.37. The molecule has 0 unspecified atom stereocenters. The predicted octanol–water partition coefficient (Wildman–Crippen LogP) is 2.26. The minimum atomic E-state index is 0.0958. The van der Waals surface area contributed by atoms with Crippen LogP contribution in [0.2, 0.25) is 0 Å². The Balaban J connectivity index is 1.68. The third-order valence-corrected chi connectivity index (χ3v) is 4.22. The normalized spacial score (nSPS) is 19.6. The van der Waals surface area contributed by atoms with E-state index >= 15 is 0 Å². The van der Waals surface area contributed by atoms with Gasteiger partial charge in [0.25, 0.3) is 0 Å². The highest BCUT2D eigenvalue weighted by Gasteiger charge is 2.30.